The Hall–Kier alpha value is -1.00. The molecule has 1 aromatic heterocycles. The van der Waals surface area contributed by atoms with Crippen LogP contribution in [0, 0.1) is 0 Å². The van der Waals surface area contributed by atoms with Crippen LogP contribution < -0.4 is 10.5 Å². The van der Waals surface area contributed by atoms with Crippen LogP contribution in [0.15, 0.2) is 6.07 Å². The highest BCUT2D eigenvalue weighted by molar-refractivity contribution is 6.32. The summed E-state index contributed by atoms with van der Waals surface area (Å²) in [6, 6.07) is 1.50. The molecule has 0 saturated carbocycles. The molecule has 0 atom stereocenters. The van der Waals surface area contributed by atoms with Gasteiger partial charge in [0.2, 0.25) is 5.88 Å². The molecule has 0 aliphatic heterocycles. The second-order valence-electron chi connectivity index (χ2n) is 2.17. The Morgan fingerprint density at radius 2 is 2.42 bits per heavy atom. The molecule has 0 aliphatic carbocycles. The number of pyridine rings is 1. The van der Waals surface area contributed by atoms with Gasteiger partial charge in [0.05, 0.1) is 25.1 Å². The first-order chi connectivity index (χ1) is 5.69. The molecule has 1 heterocycles. The van der Waals surface area contributed by atoms with Crippen molar-refractivity contribution in [3.8, 4) is 5.88 Å². The Morgan fingerprint density at radius 3 is 2.92 bits per heavy atom. The van der Waals surface area contributed by atoms with Gasteiger partial charge in [0.15, 0.2) is 0 Å². The molecule has 0 radical (unpaired) electrons. The first-order valence-corrected chi connectivity index (χ1v) is 3.66. The van der Waals surface area contributed by atoms with E-state index in [4.69, 9.17) is 27.2 Å². The Balaban J connectivity index is 3.18. The summed E-state index contributed by atoms with van der Waals surface area (Å²) in [5.74, 6) is 0.273. The number of aromatic nitrogens is 1. The normalized spacial score (nSPS) is 9.92. The summed E-state index contributed by atoms with van der Waals surface area (Å²) >= 11 is 5.71. The highest BCUT2D eigenvalue weighted by Gasteiger charge is 2.07. The molecule has 0 spiro atoms. The topological polar surface area (TPSA) is 68.4 Å². The maximum absolute atomic E-state index is 8.79. The molecule has 5 heteroatoms. The van der Waals surface area contributed by atoms with Gasteiger partial charge in [0, 0.05) is 0 Å². The molecule has 0 aliphatic rings. The number of ether oxygens (including phenoxy) is 1. The average molecular weight is 189 g/mol. The van der Waals surface area contributed by atoms with Gasteiger partial charge in [0.25, 0.3) is 0 Å². The van der Waals surface area contributed by atoms with Crippen LogP contribution in [0.3, 0.4) is 0 Å². The van der Waals surface area contributed by atoms with Crippen molar-refractivity contribution < 1.29 is 9.84 Å². The van der Waals surface area contributed by atoms with E-state index in [0.29, 0.717) is 16.4 Å². The summed E-state index contributed by atoms with van der Waals surface area (Å²) in [4.78, 5) is 3.88. The number of nitrogens with zero attached hydrogens (tertiary/aromatic N) is 1. The quantitative estimate of drug-likeness (QED) is 0.721. The minimum Gasteiger partial charge on any atom is -0.480 e. The van der Waals surface area contributed by atoms with Crippen molar-refractivity contribution >= 4 is 17.3 Å². The SMILES string of the molecule is COc1nc(CO)c(N)cc1Cl. The van der Waals surface area contributed by atoms with Crippen LogP contribution in [0.2, 0.25) is 5.02 Å². The fourth-order valence-corrected chi connectivity index (χ4v) is 1.03. The van der Waals surface area contributed by atoms with E-state index in [1.54, 1.807) is 0 Å². The Bertz CT molecular complexity index is 266. The molecular formula is C7H9ClN2O2. The summed E-state index contributed by atoms with van der Waals surface area (Å²) in [6.45, 7) is -0.223. The highest BCUT2D eigenvalue weighted by atomic mass is 35.5. The van der Waals surface area contributed by atoms with Gasteiger partial charge < -0.3 is 15.6 Å². The van der Waals surface area contributed by atoms with E-state index in [2.05, 4.69) is 4.98 Å². The zero-order chi connectivity index (χ0) is 9.14. The molecule has 1 aromatic rings. The van der Waals surface area contributed by atoms with E-state index >= 15 is 0 Å². The summed E-state index contributed by atoms with van der Waals surface area (Å²) in [7, 11) is 1.45. The summed E-state index contributed by atoms with van der Waals surface area (Å²) < 4.78 is 4.83. The first-order valence-electron chi connectivity index (χ1n) is 3.28. The molecule has 4 nitrogen and oxygen atoms in total. The summed E-state index contributed by atoms with van der Waals surface area (Å²) in [6.07, 6.45) is 0. The van der Waals surface area contributed by atoms with Gasteiger partial charge in [-0.15, -0.1) is 0 Å². The third kappa shape index (κ3) is 1.60. The molecule has 0 fully saturated rings. The molecule has 3 N–H and O–H groups in total. The van der Waals surface area contributed by atoms with Crippen molar-refractivity contribution in [1.82, 2.24) is 4.98 Å². The van der Waals surface area contributed by atoms with E-state index in [-0.39, 0.29) is 12.5 Å². The van der Waals surface area contributed by atoms with Gasteiger partial charge in [-0.1, -0.05) is 11.6 Å². The van der Waals surface area contributed by atoms with E-state index in [1.807, 2.05) is 0 Å². The van der Waals surface area contributed by atoms with Crippen LogP contribution in [-0.4, -0.2) is 17.2 Å². The fraction of sp³-hybridized carbons (Fsp3) is 0.286. The molecular weight excluding hydrogens is 180 g/mol. The van der Waals surface area contributed by atoms with Crippen molar-refractivity contribution in [3.63, 3.8) is 0 Å². The Labute approximate surface area is 74.9 Å². The zero-order valence-electron chi connectivity index (χ0n) is 6.54. The van der Waals surface area contributed by atoms with E-state index < -0.39 is 0 Å². The number of nitrogen functional groups attached to an aromatic ring is 1. The van der Waals surface area contributed by atoms with Gasteiger partial charge >= 0.3 is 0 Å². The van der Waals surface area contributed by atoms with Crippen LogP contribution in [-0.2, 0) is 6.61 Å². The van der Waals surface area contributed by atoms with Crippen molar-refractivity contribution in [2.75, 3.05) is 12.8 Å². The highest BCUT2D eigenvalue weighted by Crippen LogP contribution is 2.25. The second kappa shape index (κ2) is 3.60. The largest absolute Gasteiger partial charge is 0.480 e. The molecule has 0 unspecified atom stereocenters. The van der Waals surface area contributed by atoms with Crippen LogP contribution in [0.5, 0.6) is 5.88 Å². The number of aliphatic hydroxyl groups excluding tert-OH is 1. The predicted octanol–water partition coefficient (Wildman–Crippen LogP) is 0.818. The standard InChI is InChI=1S/C7H9ClN2O2/c1-12-7-4(8)2-5(9)6(3-11)10-7/h2,11H,3,9H2,1H3. The lowest BCUT2D eigenvalue weighted by molar-refractivity contribution is 0.275. The number of methoxy groups -OCH3 is 1. The number of hydrogen-bond donors (Lipinski definition) is 2. The van der Waals surface area contributed by atoms with Crippen LogP contribution in [0.1, 0.15) is 5.69 Å². The van der Waals surface area contributed by atoms with E-state index in [0.717, 1.165) is 0 Å². The van der Waals surface area contributed by atoms with Gasteiger partial charge in [-0.3, -0.25) is 0 Å². The Morgan fingerprint density at radius 1 is 1.75 bits per heavy atom. The number of anilines is 1. The van der Waals surface area contributed by atoms with Crippen LogP contribution >= 0.6 is 11.6 Å². The summed E-state index contributed by atoms with van der Waals surface area (Å²) in [5, 5.41) is 9.13. The number of nitrogens with two attached hydrogens (primary N) is 1. The number of halogens is 1. The predicted molar refractivity (Wildman–Crippen MR) is 46.1 cm³/mol. The van der Waals surface area contributed by atoms with Gasteiger partial charge in [-0.05, 0) is 6.07 Å². The molecule has 0 bridgehead atoms. The third-order valence-electron chi connectivity index (χ3n) is 1.40. The molecule has 66 valence electrons. The number of aliphatic hydroxyl groups is 1. The monoisotopic (exact) mass is 188 g/mol. The van der Waals surface area contributed by atoms with Crippen LogP contribution in [0.4, 0.5) is 5.69 Å². The van der Waals surface area contributed by atoms with E-state index in [9.17, 15) is 0 Å². The lowest BCUT2D eigenvalue weighted by Crippen LogP contribution is -2.00. The second-order valence-corrected chi connectivity index (χ2v) is 2.58. The molecule has 0 amide bonds. The van der Waals surface area contributed by atoms with Gasteiger partial charge in [-0.2, -0.15) is 0 Å². The third-order valence-corrected chi connectivity index (χ3v) is 1.67. The zero-order valence-corrected chi connectivity index (χ0v) is 7.30. The van der Waals surface area contributed by atoms with Crippen molar-refractivity contribution in [2.45, 2.75) is 6.61 Å². The average Bonchev–Trinajstić information content (AvgIpc) is 2.05. The van der Waals surface area contributed by atoms with Gasteiger partial charge in [0.1, 0.15) is 5.02 Å². The van der Waals surface area contributed by atoms with E-state index in [1.165, 1.54) is 13.2 Å². The minimum atomic E-state index is -0.223. The van der Waals surface area contributed by atoms with Crippen molar-refractivity contribution in [2.24, 2.45) is 0 Å². The van der Waals surface area contributed by atoms with Crippen molar-refractivity contribution in [3.05, 3.63) is 16.8 Å². The molecule has 1 rings (SSSR count). The number of rotatable bonds is 2. The fourth-order valence-electron chi connectivity index (χ4n) is 0.792. The lowest BCUT2D eigenvalue weighted by Gasteiger charge is -2.05. The minimum absolute atomic E-state index is 0.223. The first kappa shape index (κ1) is 9.09. The molecule has 0 aromatic carbocycles. The van der Waals surface area contributed by atoms with Crippen molar-refractivity contribution in [1.29, 1.82) is 0 Å². The summed E-state index contributed by atoms with van der Waals surface area (Å²) in [5.41, 5.74) is 6.23. The maximum atomic E-state index is 8.79. The molecule has 0 saturated heterocycles. The lowest BCUT2D eigenvalue weighted by atomic mass is 10.3. The molecule has 12 heavy (non-hydrogen) atoms. The van der Waals surface area contributed by atoms with Crippen LogP contribution in [0.25, 0.3) is 0 Å². The smallest absolute Gasteiger partial charge is 0.232 e. The Kier molecular flexibility index (Phi) is 2.73. The number of hydrogen-bond acceptors (Lipinski definition) is 4. The maximum Gasteiger partial charge on any atom is 0.232 e. The van der Waals surface area contributed by atoms with Gasteiger partial charge in [-0.25, -0.2) is 4.98 Å².